The van der Waals surface area contributed by atoms with E-state index in [4.69, 9.17) is 9.47 Å². The molecule has 0 radical (unpaired) electrons. The molecule has 1 rings (SSSR count). The van der Waals surface area contributed by atoms with Gasteiger partial charge in [-0.3, -0.25) is 4.79 Å². The second kappa shape index (κ2) is 6.52. The largest absolute Gasteiger partial charge is 0.497 e. The van der Waals surface area contributed by atoms with Gasteiger partial charge in [0.2, 0.25) is 0 Å². The van der Waals surface area contributed by atoms with E-state index in [2.05, 4.69) is 11.8 Å². The number of hydrogen-bond donors (Lipinski definition) is 0. The fourth-order valence-corrected chi connectivity index (χ4v) is 1.21. The summed E-state index contributed by atoms with van der Waals surface area (Å²) in [6.07, 6.45) is 1.41. The second-order valence-electron chi connectivity index (χ2n) is 3.05. The lowest BCUT2D eigenvalue weighted by Gasteiger charge is -2.08. The molecule has 0 amide bonds. The maximum absolute atomic E-state index is 10.8. The summed E-state index contributed by atoms with van der Waals surface area (Å²) < 4.78 is 10.5. The molecule has 0 unspecified atom stereocenters. The number of ether oxygens (including phenoxy) is 2. The van der Waals surface area contributed by atoms with Crippen LogP contribution in [-0.4, -0.2) is 20.0 Å². The smallest absolute Gasteiger partial charge is 0.153 e. The first-order chi connectivity index (χ1) is 7.81. The number of carbonyl (C=O) groups is 1. The quantitative estimate of drug-likeness (QED) is 0.432. The molecule has 0 heterocycles. The molecule has 0 saturated carbocycles. The summed E-state index contributed by atoms with van der Waals surface area (Å²) in [5.41, 5.74) is 0.490. The Hall–Kier alpha value is -1.95. The molecule has 0 atom stereocenters. The second-order valence-corrected chi connectivity index (χ2v) is 3.05. The van der Waals surface area contributed by atoms with Crippen molar-refractivity contribution in [3.05, 3.63) is 23.8 Å². The zero-order valence-corrected chi connectivity index (χ0v) is 9.45. The Kier molecular flexibility index (Phi) is 4.94. The van der Waals surface area contributed by atoms with Gasteiger partial charge in [0.05, 0.1) is 19.3 Å². The van der Waals surface area contributed by atoms with E-state index in [0.717, 1.165) is 6.29 Å². The molecule has 0 aromatic heterocycles. The van der Waals surface area contributed by atoms with Gasteiger partial charge in [-0.05, 0) is 25.1 Å². The summed E-state index contributed by atoms with van der Waals surface area (Å²) >= 11 is 0. The molecule has 0 N–H and O–H groups in total. The van der Waals surface area contributed by atoms with Crippen LogP contribution in [0.2, 0.25) is 0 Å². The molecule has 0 saturated heterocycles. The van der Waals surface area contributed by atoms with Crippen LogP contribution in [-0.2, 0) is 0 Å². The normalized spacial score (nSPS) is 8.88. The van der Waals surface area contributed by atoms with Crippen LogP contribution < -0.4 is 9.47 Å². The highest BCUT2D eigenvalue weighted by Crippen LogP contribution is 2.22. The monoisotopic (exact) mass is 218 g/mol. The number of aldehydes is 1. The molecular formula is C13H14O3. The van der Waals surface area contributed by atoms with E-state index in [1.807, 2.05) is 0 Å². The van der Waals surface area contributed by atoms with Crippen molar-refractivity contribution in [3.63, 3.8) is 0 Å². The highest BCUT2D eigenvalue weighted by atomic mass is 16.5. The maximum Gasteiger partial charge on any atom is 0.153 e. The van der Waals surface area contributed by atoms with Crippen molar-refractivity contribution in [1.82, 2.24) is 0 Å². The van der Waals surface area contributed by atoms with Crippen molar-refractivity contribution in [2.75, 3.05) is 13.7 Å². The SMILES string of the molecule is CC#CCCOc1ccc(OC)cc1C=O. The van der Waals surface area contributed by atoms with Gasteiger partial charge in [-0.2, -0.15) is 0 Å². The molecule has 0 aliphatic heterocycles. The third-order valence-corrected chi connectivity index (χ3v) is 2.01. The van der Waals surface area contributed by atoms with Crippen molar-refractivity contribution in [3.8, 4) is 23.3 Å². The molecular weight excluding hydrogens is 204 g/mol. The fourth-order valence-electron chi connectivity index (χ4n) is 1.21. The molecule has 3 heteroatoms. The van der Waals surface area contributed by atoms with Crippen LogP contribution in [0.5, 0.6) is 11.5 Å². The maximum atomic E-state index is 10.8. The van der Waals surface area contributed by atoms with Crippen molar-refractivity contribution >= 4 is 6.29 Å². The van der Waals surface area contributed by atoms with E-state index < -0.39 is 0 Å². The molecule has 0 spiro atoms. The molecule has 0 bridgehead atoms. The Labute approximate surface area is 95.4 Å². The zero-order chi connectivity index (χ0) is 11.8. The summed E-state index contributed by atoms with van der Waals surface area (Å²) in [5, 5.41) is 0. The highest BCUT2D eigenvalue weighted by molar-refractivity contribution is 5.80. The summed E-state index contributed by atoms with van der Waals surface area (Å²) in [6, 6.07) is 5.13. The number of carbonyl (C=O) groups excluding carboxylic acids is 1. The molecule has 84 valence electrons. The van der Waals surface area contributed by atoms with Gasteiger partial charge in [-0.1, -0.05) is 0 Å². The van der Waals surface area contributed by atoms with Gasteiger partial charge >= 0.3 is 0 Å². The standard InChI is InChI=1S/C13H14O3/c1-3-4-5-8-16-13-7-6-12(15-2)9-11(13)10-14/h6-7,9-10H,5,8H2,1-2H3. The van der Waals surface area contributed by atoms with Crippen LogP contribution in [0.25, 0.3) is 0 Å². The summed E-state index contributed by atoms with van der Waals surface area (Å²) in [5.74, 6) is 6.88. The van der Waals surface area contributed by atoms with E-state index >= 15 is 0 Å². The Balaban J connectivity index is 2.70. The Morgan fingerprint density at radius 3 is 2.88 bits per heavy atom. The fraction of sp³-hybridized carbons (Fsp3) is 0.308. The predicted octanol–water partition coefficient (Wildman–Crippen LogP) is 2.30. The van der Waals surface area contributed by atoms with Crippen molar-refractivity contribution in [1.29, 1.82) is 0 Å². The number of rotatable bonds is 5. The highest BCUT2D eigenvalue weighted by Gasteiger charge is 2.04. The molecule has 3 nitrogen and oxygen atoms in total. The van der Waals surface area contributed by atoms with E-state index in [1.54, 1.807) is 32.2 Å². The van der Waals surface area contributed by atoms with Gasteiger partial charge in [0.15, 0.2) is 6.29 Å². The third-order valence-electron chi connectivity index (χ3n) is 2.01. The minimum Gasteiger partial charge on any atom is -0.497 e. The first kappa shape index (κ1) is 12.1. The lowest BCUT2D eigenvalue weighted by Crippen LogP contribution is -1.99. The third kappa shape index (κ3) is 3.32. The molecule has 0 aliphatic rings. The lowest BCUT2D eigenvalue weighted by molar-refractivity contribution is 0.111. The van der Waals surface area contributed by atoms with E-state index in [1.165, 1.54) is 0 Å². The Morgan fingerprint density at radius 2 is 2.25 bits per heavy atom. The van der Waals surface area contributed by atoms with Crippen LogP contribution in [0.15, 0.2) is 18.2 Å². The van der Waals surface area contributed by atoms with Gasteiger partial charge in [-0.15, -0.1) is 11.8 Å². The number of benzene rings is 1. The lowest BCUT2D eigenvalue weighted by atomic mass is 10.2. The minimum atomic E-state index is 0.480. The van der Waals surface area contributed by atoms with Crippen LogP contribution in [0.3, 0.4) is 0 Å². The molecule has 1 aromatic rings. The first-order valence-electron chi connectivity index (χ1n) is 4.97. The van der Waals surface area contributed by atoms with Gasteiger partial charge in [0.25, 0.3) is 0 Å². The van der Waals surface area contributed by atoms with Gasteiger partial charge < -0.3 is 9.47 Å². The first-order valence-corrected chi connectivity index (χ1v) is 4.97. The van der Waals surface area contributed by atoms with Crippen molar-refractivity contribution in [2.45, 2.75) is 13.3 Å². The zero-order valence-electron chi connectivity index (χ0n) is 9.45. The van der Waals surface area contributed by atoms with E-state index in [-0.39, 0.29) is 0 Å². The average Bonchev–Trinajstić information content (AvgIpc) is 2.34. The summed E-state index contributed by atoms with van der Waals surface area (Å²) in [6.45, 7) is 2.26. The van der Waals surface area contributed by atoms with E-state index in [0.29, 0.717) is 30.1 Å². The number of methoxy groups -OCH3 is 1. The Bertz CT molecular complexity index is 413. The van der Waals surface area contributed by atoms with Gasteiger partial charge in [0.1, 0.15) is 11.5 Å². The molecule has 1 aromatic carbocycles. The summed E-state index contributed by atoms with van der Waals surface area (Å²) in [4.78, 5) is 10.8. The Morgan fingerprint density at radius 1 is 1.44 bits per heavy atom. The topological polar surface area (TPSA) is 35.5 Å². The van der Waals surface area contributed by atoms with Gasteiger partial charge in [0, 0.05) is 6.42 Å². The predicted molar refractivity (Wildman–Crippen MR) is 61.9 cm³/mol. The molecule has 16 heavy (non-hydrogen) atoms. The van der Waals surface area contributed by atoms with Crippen LogP contribution in [0.4, 0.5) is 0 Å². The van der Waals surface area contributed by atoms with Crippen LogP contribution in [0.1, 0.15) is 23.7 Å². The molecule has 0 fully saturated rings. The summed E-state index contributed by atoms with van der Waals surface area (Å²) in [7, 11) is 1.56. The van der Waals surface area contributed by atoms with E-state index in [9.17, 15) is 4.79 Å². The van der Waals surface area contributed by atoms with Crippen molar-refractivity contribution in [2.24, 2.45) is 0 Å². The van der Waals surface area contributed by atoms with Gasteiger partial charge in [-0.25, -0.2) is 0 Å². The molecule has 0 aliphatic carbocycles. The van der Waals surface area contributed by atoms with Crippen LogP contribution >= 0.6 is 0 Å². The van der Waals surface area contributed by atoms with Crippen molar-refractivity contribution < 1.29 is 14.3 Å². The average molecular weight is 218 g/mol. The number of hydrogen-bond acceptors (Lipinski definition) is 3. The minimum absolute atomic E-state index is 0.480. The van der Waals surface area contributed by atoms with Crippen LogP contribution in [0, 0.1) is 11.8 Å².